The van der Waals surface area contributed by atoms with Crippen molar-refractivity contribution < 1.29 is 37.1 Å². The predicted molar refractivity (Wildman–Crippen MR) is 116 cm³/mol. The van der Waals surface area contributed by atoms with E-state index in [4.69, 9.17) is 10.0 Å². The van der Waals surface area contributed by atoms with E-state index in [0.29, 0.717) is 12.0 Å². The second-order valence-electron chi connectivity index (χ2n) is 8.06. The second kappa shape index (κ2) is 9.94. The minimum absolute atomic E-state index is 0.0248. The number of nitrogens with zero attached hydrogens (tertiary/aromatic N) is 1. The largest absolute Gasteiger partial charge is 0.393 e. The van der Waals surface area contributed by atoms with Crippen molar-refractivity contribution in [3.05, 3.63) is 59.2 Å². The number of hydroxylamine groups is 1. The number of aliphatic hydroxyl groups is 1. The van der Waals surface area contributed by atoms with Crippen molar-refractivity contribution in [2.45, 2.75) is 43.6 Å². The normalized spacial score (nSPS) is 17.8. The van der Waals surface area contributed by atoms with Gasteiger partial charge in [0.25, 0.3) is 5.91 Å². The first-order chi connectivity index (χ1) is 15.5. The number of nitrogens with one attached hydrogen (secondary N) is 1. The Bertz CT molecular complexity index is 1140. The zero-order chi connectivity index (χ0) is 24.3. The Hall–Kier alpha value is -2.89. The summed E-state index contributed by atoms with van der Waals surface area (Å²) in [5.74, 6) is -2.73. The van der Waals surface area contributed by atoms with Crippen molar-refractivity contribution in [1.82, 2.24) is 5.48 Å². The van der Waals surface area contributed by atoms with Gasteiger partial charge in [-0.3, -0.25) is 10.0 Å². The Morgan fingerprint density at radius 2 is 1.82 bits per heavy atom. The van der Waals surface area contributed by atoms with E-state index in [-0.39, 0.29) is 29.7 Å². The molecule has 0 bridgehead atoms. The molecule has 0 radical (unpaired) electrons. The summed E-state index contributed by atoms with van der Waals surface area (Å²) in [7, 11) is -3.84. The van der Waals surface area contributed by atoms with Gasteiger partial charge in [-0.05, 0) is 36.6 Å². The van der Waals surface area contributed by atoms with Crippen LogP contribution in [0.15, 0.2) is 41.6 Å². The van der Waals surface area contributed by atoms with Gasteiger partial charge >= 0.3 is 0 Å². The van der Waals surface area contributed by atoms with Gasteiger partial charge in [0.15, 0.2) is 9.84 Å². The van der Waals surface area contributed by atoms with Gasteiger partial charge in [-0.25, -0.2) is 22.7 Å². The van der Waals surface area contributed by atoms with Crippen LogP contribution in [0.4, 0.5) is 8.78 Å². The molecule has 2 aromatic rings. The summed E-state index contributed by atoms with van der Waals surface area (Å²) in [4.78, 5) is 16.9. The molecule has 0 saturated heterocycles. The van der Waals surface area contributed by atoms with Crippen LogP contribution in [0, 0.1) is 11.6 Å². The summed E-state index contributed by atoms with van der Waals surface area (Å²) in [5, 5.41) is 20.5. The van der Waals surface area contributed by atoms with Gasteiger partial charge in [0.05, 0.1) is 17.4 Å². The van der Waals surface area contributed by atoms with Crippen LogP contribution in [0.25, 0.3) is 11.1 Å². The summed E-state index contributed by atoms with van der Waals surface area (Å²) in [6.45, 7) is 1.65. The standard InChI is InChI=1S/C22H24F2N2O6S/c1-12(27)7-13-3-5-14(6-4-13)21-17(23)8-15(9-18(21)24)19-10-16(32-26-19)11-20(22(28)25-29)33(2,30)31/h3-6,8-9,12,16,20,27,29H,7,10-11H2,1-2H3,(H,25,28)/t12-,16-,20?/m1/s1. The minimum atomic E-state index is -3.84. The molecule has 1 unspecified atom stereocenters. The molecule has 0 fully saturated rings. The first-order valence-electron chi connectivity index (χ1n) is 10.1. The molecule has 33 heavy (non-hydrogen) atoms. The minimum Gasteiger partial charge on any atom is -0.393 e. The number of sulfone groups is 1. The number of benzene rings is 2. The Balaban J connectivity index is 1.77. The third kappa shape index (κ3) is 5.92. The van der Waals surface area contributed by atoms with E-state index in [1.165, 1.54) is 5.48 Å². The Labute approximate surface area is 189 Å². The molecule has 0 saturated carbocycles. The van der Waals surface area contributed by atoms with Crippen molar-refractivity contribution in [3.63, 3.8) is 0 Å². The van der Waals surface area contributed by atoms with Crippen molar-refractivity contribution >= 4 is 21.5 Å². The van der Waals surface area contributed by atoms with E-state index in [9.17, 15) is 27.1 Å². The Morgan fingerprint density at radius 1 is 1.21 bits per heavy atom. The van der Waals surface area contributed by atoms with Crippen LogP contribution in [0.2, 0.25) is 0 Å². The molecule has 1 heterocycles. The molecular weight excluding hydrogens is 458 g/mol. The molecule has 0 aliphatic carbocycles. The molecule has 3 atom stereocenters. The van der Waals surface area contributed by atoms with Gasteiger partial charge in [-0.15, -0.1) is 0 Å². The van der Waals surface area contributed by atoms with Crippen LogP contribution in [0.1, 0.15) is 30.9 Å². The van der Waals surface area contributed by atoms with E-state index in [2.05, 4.69) is 5.16 Å². The lowest BCUT2D eigenvalue weighted by Crippen LogP contribution is -2.40. The third-order valence-corrected chi connectivity index (χ3v) is 6.72. The van der Waals surface area contributed by atoms with Gasteiger partial charge in [0.1, 0.15) is 23.0 Å². The van der Waals surface area contributed by atoms with Crippen molar-refractivity contribution in [1.29, 1.82) is 0 Å². The van der Waals surface area contributed by atoms with Crippen LogP contribution in [-0.4, -0.2) is 54.1 Å². The average molecular weight is 483 g/mol. The fraction of sp³-hybridized carbons (Fsp3) is 0.364. The van der Waals surface area contributed by atoms with E-state index < -0.39 is 44.8 Å². The van der Waals surface area contributed by atoms with Crippen LogP contribution in [0.5, 0.6) is 0 Å². The number of carbonyl (C=O) groups is 1. The summed E-state index contributed by atoms with van der Waals surface area (Å²) in [6, 6.07) is 8.75. The fourth-order valence-electron chi connectivity index (χ4n) is 3.68. The summed E-state index contributed by atoms with van der Waals surface area (Å²) < 4.78 is 53.3. The average Bonchev–Trinajstić information content (AvgIpc) is 3.20. The first kappa shape index (κ1) is 24.7. The molecule has 3 N–H and O–H groups in total. The highest BCUT2D eigenvalue weighted by Crippen LogP contribution is 2.30. The predicted octanol–water partition coefficient (Wildman–Crippen LogP) is 2.36. The third-order valence-electron chi connectivity index (χ3n) is 5.28. The SMILES string of the molecule is C[C@@H](O)Cc1ccc(-c2c(F)cc(C3=NO[C@@H](CC(C(=O)NO)S(C)(=O)=O)C3)cc2F)cc1. The maximum Gasteiger partial charge on any atom is 0.261 e. The Kier molecular flexibility index (Phi) is 7.45. The summed E-state index contributed by atoms with van der Waals surface area (Å²) in [6.07, 6.45) is -0.358. The van der Waals surface area contributed by atoms with Gasteiger partial charge in [-0.1, -0.05) is 29.4 Å². The lowest BCUT2D eigenvalue weighted by molar-refractivity contribution is -0.129. The van der Waals surface area contributed by atoms with Crippen LogP contribution in [-0.2, 0) is 25.9 Å². The van der Waals surface area contributed by atoms with Crippen molar-refractivity contribution in [2.24, 2.45) is 5.16 Å². The smallest absolute Gasteiger partial charge is 0.261 e. The number of hydrogen-bond acceptors (Lipinski definition) is 7. The number of oxime groups is 1. The topological polar surface area (TPSA) is 125 Å². The molecule has 2 aromatic carbocycles. The van der Waals surface area contributed by atoms with Crippen LogP contribution >= 0.6 is 0 Å². The van der Waals surface area contributed by atoms with Crippen LogP contribution in [0.3, 0.4) is 0 Å². The quantitative estimate of drug-likeness (QED) is 0.392. The number of amides is 1. The molecule has 178 valence electrons. The van der Waals surface area contributed by atoms with Crippen molar-refractivity contribution in [3.8, 4) is 11.1 Å². The van der Waals surface area contributed by atoms with E-state index in [0.717, 1.165) is 24.0 Å². The highest BCUT2D eigenvalue weighted by atomic mass is 32.2. The number of aliphatic hydroxyl groups excluding tert-OH is 1. The highest BCUT2D eigenvalue weighted by molar-refractivity contribution is 7.92. The maximum absolute atomic E-state index is 14.8. The zero-order valence-electron chi connectivity index (χ0n) is 18.0. The van der Waals surface area contributed by atoms with E-state index in [1.807, 2.05) is 0 Å². The number of rotatable bonds is 8. The van der Waals surface area contributed by atoms with Gasteiger partial charge in [0, 0.05) is 24.7 Å². The highest BCUT2D eigenvalue weighted by Gasteiger charge is 2.35. The summed E-state index contributed by atoms with van der Waals surface area (Å²) >= 11 is 0. The lowest BCUT2D eigenvalue weighted by atomic mass is 9.96. The van der Waals surface area contributed by atoms with Gasteiger partial charge in [-0.2, -0.15) is 0 Å². The first-order valence-corrected chi connectivity index (χ1v) is 12.1. The fourth-order valence-corrected chi connectivity index (χ4v) is 4.68. The van der Waals surface area contributed by atoms with Crippen LogP contribution < -0.4 is 5.48 Å². The molecule has 1 amide bonds. The number of carbonyl (C=O) groups excluding carboxylic acids is 1. The molecule has 0 spiro atoms. The number of hydrogen-bond donors (Lipinski definition) is 3. The molecule has 11 heteroatoms. The molecular formula is C22H24F2N2O6S. The molecule has 1 aliphatic rings. The van der Waals surface area contributed by atoms with Crippen molar-refractivity contribution in [2.75, 3.05) is 6.26 Å². The zero-order valence-corrected chi connectivity index (χ0v) is 18.8. The second-order valence-corrected chi connectivity index (χ2v) is 10.3. The van der Waals surface area contributed by atoms with E-state index >= 15 is 0 Å². The monoisotopic (exact) mass is 482 g/mol. The maximum atomic E-state index is 14.8. The van der Waals surface area contributed by atoms with E-state index in [1.54, 1.807) is 31.2 Å². The van der Waals surface area contributed by atoms with Gasteiger partial charge < -0.3 is 9.94 Å². The van der Waals surface area contributed by atoms with Gasteiger partial charge in [0.2, 0.25) is 0 Å². The molecule has 0 aromatic heterocycles. The molecule has 8 nitrogen and oxygen atoms in total. The molecule has 1 aliphatic heterocycles. The Morgan fingerprint density at radius 3 is 2.33 bits per heavy atom. The molecule has 3 rings (SSSR count). The lowest BCUT2D eigenvalue weighted by Gasteiger charge is -2.16. The number of halogens is 2. The summed E-state index contributed by atoms with van der Waals surface area (Å²) in [5.41, 5.74) is 2.60.